The largest absolute Gasteiger partial charge is 0.504 e. The van der Waals surface area contributed by atoms with E-state index >= 15 is 0 Å². The number of ether oxygens (including phenoxy) is 2. The van der Waals surface area contributed by atoms with Gasteiger partial charge in [-0.25, -0.2) is 4.79 Å². The summed E-state index contributed by atoms with van der Waals surface area (Å²) in [6.07, 6.45) is 0. The van der Waals surface area contributed by atoms with Gasteiger partial charge in [0.1, 0.15) is 5.56 Å². The molecule has 0 saturated heterocycles. The first-order valence-electron chi connectivity index (χ1n) is 8.00. The molecule has 0 aliphatic carbocycles. The molecule has 0 bridgehead atoms. The Labute approximate surface area is 156 Å². The summed E-state index contributed by atoms with van der Waals surface area (Å²) in [4.78, 5) is 24.8. The normalized spacial score (nSPS) is 10.2. The summed E-state index contributed by atoms with van der Waals surface area (Å²) in [5.74, 6) is -0.623. The van der Waals surface area contributed by atoms with Crippen molar-refractivity contribution < 1.29 is 24.2 Å². The van der Waals surface area contributed by atoms with Crippen LogP contribution in [0.1, 0.15) is 15.9 Å². The molecule has 0 spiro atoms. The summed E-state index contributed by atoms with van der Waals surface area (Å²) in [6, 6.07) is 12.6. The second-order valence-electron chi connectivity index (χ2n) is 5.44. The molecule has 0 atom stereocenters. The molecular weight excluding hydrogens is 354 g/mol. The van der Waals surface area contributed by atoms with Crippen molar-refractivity contribution in [2.45, 2.75) is 11.8 Å². The lowest BCUT2D eigenvalue weighted by Crippen LogP contribution is -2.30. The van der Waals surface area contributed by atoms with E-state index in [0.29, 0.717) is 12.3 Å². The monoisotopic (exact) mass is 375 g/mol. The third-order valence-corrected chi connectivity index (χ3v) is 4.50. The lowest BCUT2D eigenvalue weighted by molar-refractivity contribution is -0.124. The minimum atomic E-state index is -0.786. The fraction of sp³-hybridized carbons (Fsp3) is 0.263. The van der Waals surface area contributed by atoms with Gasteiger partial charge >= 0.3 is 5.97 Å². The van der Waals surface area contributed by atoms with Gasteiger partial charge in [0.15, 0.2) is 18.1 Å². The fourth-order valence-corrected chi connectivity index (χ4v) is 2.87. The van der Waals surface area contributed by atoms with Crippen molar-refractivity contribution in [3.63, 3.8) is 0 Å². The third-order valence-electron chi connectivity index (χ3n) is 3.49. The molecule has 2 N–H and O–H groups in total. The molecule has 2 aromatic rings. The fourth-order valence-electron chi connectivity index (χ4n) is 2.11. The number of carbonyl (C=O) groups excluding carboxylic acids is 2. The van der Waals surface area contributed by atoms with Gasteiger partial charge in [-0.3, -0.25) is 4.79 Å². The predicted octanol–water partition coefficient (Wildman–Crippen LogP) is 2.77. The molecule has 7 heteroatoms. The molecule has 0 unspecified atom stereocenters. The zero-order valence-electron chi connectivity index (χ0n) is 14.7. The molecule has 0 saturated carbocycles. The third kappa shape index (κ3) is 5.70. The summed E-state index contributed by atoms with van der Waals surface area (Å²) in [5, 5.41) is 12.6. The van der Waals surface area contributed by atoms with E-state index < -0.39 is 18.5 Å². The van der Waals surface area contributed by atoms with Gasteiger partial charge in [0, 0.05) is 17.2 Å². The van der Waals surface area contributed by atoms with Gasteiger partial charge in [0.2, 0.25) is 0 Å². The zero-order chi connectivity index (χ0) is 18.9. The Bertz CT molecular complexity index is 761. The maximum Gasteiger partial charge on any atom is 0.342 e. The van der Waals surface area contributed by atoms with Crippen molar-refractivity contribution in [2.75, 3.05) is 26.0 Å². The van der Waals surface area contributed by atoms with Crippen LogP contribution >= 0.6 is 11.8 Å². The highest BCUT2D eigenvalue weighted by Crippen LogP contribution is 2.29. The van der Waals surface area contributed by atoms with Crippen LogP contribution in [0.3, 0.4) is 0 Å². The maximum absolute atomic E-state index is 12.0. The lowest BCUT2D eigenvalue weighted by atomic mass is 10.2. The van der Waals surface area contributed by atoms with Crippen LogP contribution in [0.15, 0.2) is 47.4 Å². The van der Waals surface area contributed by atoms with Crippen molar-refractivity contribution in [3.05, 3.63) is 53.6 Å². The maximum atomic E-state index is 12.0. The van der Waals surface area contributed by atoms with Gasteiger partial charge in [-0.2, -0.15) is 0 Å². The van der Waals surface area contributed by atoms with E-state index in [0.717, 1.165) is 4.90 Å². The van der Waals surface area contributed by atoms with Gasteiger partial charge in [-0.15, -0.1) is 11.8 Å². The molecule has 0 aliphatic heterocycles. The van der Waals surface area contributed by atoms with E-state index in [2.05, 4.69) is 5.32 Å². The quantitative estimate of drug-likeness (QED) is 0.419. The number of hydrogen-bond donors (Lipinski definition) is 2. The van der Waals surface area contributed by atoms with Crippen LogP contribution in [0.5, 0.6) is 11.5 Å². The van der Waals surface area contributed by atoms with Crippen molar-refractivity contribution in [1.29, 1.82) is 0 Å². The smallest absolute Gasteiger partial charge is 0.342 e. The molecule has 138 valence electrons. The van der Waals surface area contributed by atoms with Crippen molar-refractivity contribution >= 4 is 23.6 Å². The highest BCUT2D eigenvalue weighted by molar-refractivity contribution is 7.99. The number of benzene rings is 2. The van der Waals surface area contributed by atoms with Crippen molar-refractivity contribution in [2.24, 2.45) is 0 Å². The number of aryl methyl sites for hydroxylation is 1. The lowest BCUT2D eigenvalue weighted by Gasteiger charge is -2.09. The first-order valence-corrected chi connectivity index (χ1v) is 8.99. The van der Waals surface area contributed by atoms with E-state index in [1.54, 1.807) is 17.8 Å². The number of phenols is 1. The average molecular weight is 375 g/mol. The molecule has 0 heterocycles. The predicted molar refractivity (Wildman–Crippen MR) is 99.9 cm³/mol. The number of amides is 1. The second-order valence-corrected chi connectivity index (χ2v) is 6.61. The van der Waals surface area contributed by atoms with E-state index in [-0.39, 0.29) is 17.1 Å². The standard InChI is InChI=1S/C19H21NO5S/c1-13-6-8-14(9-7-13)26-11-10-20-17(21)12-25-19(23)15-4-3-5-16(24-2)18(15)22/h3-9,22H,10-12H2,1-2H3,(H,20,21). The summed E-state index contributed by atoms with van der Waals surface area (Å²) in [5.41, 5.74) is 1.15. The number of thioether (sulfide) groups is 1. The van der Waals surface area contributed by atoms with Crippen molar-refractivity contribution in [1.82, 2.24) is 5.32 Å². The number of rotatable bonds is 8. The highest BCUT2D eigenvalue weighted by atomic mass is 32.2. The average Bonchev–Trinajstić information content (AvgIpc) is 2.65. The number of para-hydroxylation sites is 1. The van der Waals surface area contributed by atoms with E-state index in [9.17, 15) is 14.7 Å². The molecule has 2 rings (SSSR count). The molecule has 0 aliphatic rings. The molecule has 26 heavy (non-hydrogen) atoms. The number of esters is 1. The minimum Gasteiger partial charge on any atom is -0.504 e. The van der Waals surface area contributed by atoms with Crippen LogP contribution in [-0.4, -0.2) is 43.0 Å². The molecule has 2 aromatic carbocycles. The number of nitrogens with one attached hydrogen (secondary N) is 1. The minimum absolute atomic E-state index is 0.0490. The molecular formula is C19H21NO5S. The van der Waals surface area contributed by atoms with Gasteiger partial charge in [-0.1, -0.05) is 23.8 Å². The molecule has 0 radical (unpaired) electrons. The van der Waals surface area contributed by atoms with Crippen LogP contribution in [-0.2, 0) is 9.53 Å². The molecule has 0 fully saturated rings. The number of hydrogen-bond acceptors (Lipinski definition) is 6. The SMILES string of the molecule is COc1cccc(C(=O)OCC(=O)NCCSc2ccc(C)cc2)c1O. The van der Waals surface area contributed by atoms with Gasteiger partial charge < -0.3 is 19.9 Å². The Morgan fingerprint density at radius 1 is 1.15 bits per heavy atom. The Kier molecular flexibility index (Phi) is 7.35. The Balaban J connectivity index is 1.71. The number of phenolic OH excluding ortho intramolecular Hbond substituents is 1. The Morgan fingerprint density at radius 2 is 1.88 bits per heavy atom. The van der Waals surface area contributed by atoms with Crippen LogP contribution in [0.4, 0.5) is 0 Å². The van der Waals surface area contributed by atoms with Crippen LogP contribution in [0.2, 0.25) is 0 Å². The zero-order valence-corrected chi connectivity index (χ0v) is 15.5. The summed E-state index contributed by atoms with van der Waals surface area (Å²) in [7, 11) is 1.38. The van der Waals surface area contributed by atoms with E-state index in [1.807, 2.05) is 31.2 Å². The first-order chi connectivity index (χ1) is 12.5. The number of aromatic hydroxyl groups is 1. The van der Waals surface area contributed by atoms with Gasteiger partial charge in [0.25, 0.3) is 5.91 Å². The van der Waals surface area contributed by atoms with E-state index in [4.69, 9.17) is 9.47 Å². The van der Waals surface area contributed by atoms with Crippen LogP contribution in [0.25, 0.3) is 0 Å². The van der Waals surface area contributed by atoms with Crippen molar-refractivity contribution in [3.8, 4) is 11.5 Å². The van der Waals surface area contributed by atoms with Gasteiger partial charge in [-0.05, 0) is 31.2 Å². The molecule has 1 amide bonds. The second kappa shape index (κ2) is 9.72. The summed E-state index contributed by atoms with van der Waals surface area (Å²) in [6.45, 7) is 2.07. The molecule has 0 aromatic heterocycles. The Morgan fingerprint density at radius 3 is 2.58 bits per heavy atom. The Hall–Kier alpha value is -2.67. The topological polar surface area (TPSA) is 84.9 Å². The summed E-state index contributed by atoms with van der Waals surface area (Å²) < 4.78 is 9.86. The highest BCUT2D eigenvalue weighted by Gasteiger charge is 2.17. The van der Waals surface area contributed by atoms with Crippen LogP contribution in [0, 0.1) is 6.92 Å². The number of methoxy groups -OCH3 is 1. The van der Waals surface area contributed by atoms with E-state index in [1.165, 1.54) is 24.8 Å². The first kappa shape index (κ1) is 19.7. The summed E-state index contributed by atoms with van der Waals surface area (Å²) >= 11 is 1.63. The molecule has 6 nitrogen and oxygen atoms in total. The van der Waals surface area contributed by atoms with Crippen LogP contribution < -0.4 is 10.1 Å². The van der Waals surface area contributed by atoms with Gasteiger partial charge in [0.05, 0.1) is 7.11 Å². The number of carbonyl (C=O) groups is 2.